The van der Waals surface area contributed by atoms with Gasteiger partial charge in [0.15, 0.2) is 0 Å². The molecule has 0 aliphatic carbocycles. The maximum atomic E-state index is 8.98. The fraction of sp³-hybridized carbons (Fsp3) is 0. The molecule has 50 valence electrons. The Bertz CT molecular complexity index is 129. The molecule has 9 heavy (non-hydrogen) atoms. The molecule has 4 heteroatoms. The zero-order valence-electron chi connectivity index (χ0n) is 4.38. The predicted molar refractivity (Wildman–Crippen MR) is 41.4 cm³/mol. The van der Waals surface area contributed by atoms with Gasteiger partial charge in [0.2, 0.25) is 0 Å². The number of carbonyl (C=O) groups is 1. The lowest BCUT2D eigenvalue weighted by atomic mass is 10.7. The van der Waals surface area contributed by atoms with Crippen LogP contribution in [-0.4, -0.2) is 4.70 Å². The van der Waals surface area contributed by atoms with E-state index >= 15 is 0 Å². The van der Waals surface area contributed by atoms with Crippen LogP contribution in [0.15, 0.2) is 22.9 Å². The first kappa shape index (κ1) is 8.95. The van der Waals surface area contributed by atoms with Crippen LogP contribution in [0.5, 0.6) is 0 Å². The average molecular weight is 183 g/mol. The Morgan fingerprint density at radius 1 is 1.22 bits per heavy atom. The molecule has 0 saturated heterocycles. The Morgan fingerprint density at radius 3 is 1.67 bits per heavy atom. The number of hydrogen-bond acceptors (Lipinski definition) is 2. The molecule has 0 amide bonds. The van der Waals surface area contributed by atoms with E-state index in [-0.39, 0.29) is 0 Å². The molecule has 0 fully saturated rings. The molecule has 1 aromatic heterocycles. The molecule has 1 nitrogen and oxygen atoms in total. The van der Waals surface area contributed by atoms with Crippen LogP contribution < -0.4 is 0 Å². The Labute approximate surface area is 67.2 Å². The molecule has 0 bridgehead atoms. The maximum absolute atomic E-state index is 8.98. The number of hydrogen-bond donors (Lipinski definition) is 0. The van der Waals surface area contributed by atoms with Crippen LogP contribution in [0.3, 0.4) is 0 Å². The Hall–Kier alpha value is -0.0500. The normalized spacial score (nSPS) is 7.33. The van der Waals surface area contributed by atoms with Crippen molar-refractivity contribution >= 4 is 39.2 Å². The summed E-state index contributed by atoms with van der Waals surface area (Å²) in [6.45, 7) is 0. The number of carbonyl (C=O) groups excluding carboxylic acids is 1. The molecule has 0 N–H and O–H groups in total. The fourth-order valence-corrected chi connectivity index (χ4v) is 0.680. The van der Waals surface area contributed by atoms with Gasteiger partial charge in [-0.25, -0.2) is 0 Å². The van der Waals surface area contributed by atoms with Crippen molar-refractivity contribution in [3.05, 3.63) is 22.9 Å². The van der Waals surface area contributed by atoms with Crippen molar-refractivity contribution in [3.8, 4) is 0 Å². The van der Waals surface area contributed by atoms with E-state index in [1.165, 1.54) is 0 Å². The van der Waals surface area contributed by atoms with E-state index in [2.05, 4.69) is 23.2 Å². The van der Waals surface area contributed by atoms with E-state index in [1.54, 1.807) is 11.3 Å². The fourth-order valence-electron chi connectivity index (χ4n) is 0.227. The molecular weight excluding hydrogens is 179 g/mol. The first-order valence-electron chi connectivity index (χ1n) is 2.05. The van der Waals surface area contributed by atoms with Gasteiger partial charge in [-0.05, 0) is 34.0 Å². The van der Waals surface area contributed by atoms with Crippen LogP contribution in [-0.2, 0) is 0 Å². The minimum absolute atomic E-state index is 0.889. The van der Waals surface area contributed by atoms with Crippen LogP contribution in [0.1, 0.15) is 0 Å². The summed E-state index contributed by atoms with van der Waals surface area (Å²) >= 11 is 10.5. The van der Waals surface area contributed by atoms with E-state index in [9.17, 15) is 0 Å². The minimum Gasteiger partial charge on any atom is -0.262 e. The van der Waals surface area contributed by atoms with Crippen molar-refractivity contribution in [2.75, 3.05) is 0 Å². The topological polar surface area (TPSA) is 17.1 Å². The van der Waals surface area contributed by atoms with Crippen molar-refractivity contribution in [2.24, 2.45) is 0 Å². The Balaban J connectivity index is 0.000000148. The summed E-state index contributed by atoms with van der Waals surface area (Å²) in [5, 5.41) is 4.08. The number of halogens is 2. The highest BCUT2D eigenvalue weighted by Crippen LogP contribution is 1.91. The van der Waals surface area contributed by atoms with E-state index < -0.39 is 4.70 Å². The molecule has 0 unspecified atom stereocenters. The lowest BCUT2D eigenvalue weighted by Crippen LogP contribution is -1.46. The smallest absolute Gasteiger partial charge is 0.262 e. The van der Waals surface area contributed by atoms with Crippen molar-refractivity contribution in [2.45, 2.75) is 0 Å². The zero-order valence-corrected chi connectivity index (χ0v) is 6.71. The van der Waals surface area contributed by atoms with Gasteiger partial charge in [0.1, 0.15) is 0 Å². The molecule has 0 aromatic carbocycles. The molecule has 1 aromatic rings. The standard InChI is InChI=1S/C4H4S.CCl2O/c1-2-4-5-3-1;2-1(3)4/h1-4H;. The molecule has 0 spiro atoms. The maximum Gasteiger partial charge on any atom is 0.313 e. The summed E-state index contributed by atoms with van der Waals surface area (Å²) in [6.07, 6.45) is 0. The lowest BCUT2D eigenvalue weighted by Gasteiger charge is -1.48. The van der Waals surface area contributed by atoms with Crippen molar-refractivity contribution in [1.29, 1.82) is 0 Å². The van der Waals surface area contributed by atoms with Gasteiger partial charge in [-0.1, -0.05) is 12.1 Å². The first-order chi connectivity index (χ1) is 4.23. The molecule has 0 aliphatic heterocycles. The van der Waals surface area contributed by atoms with E-state index in [0.29, 0.717) is 0 Å². The van der Waals surface area contributed by atoms with Crippen molar-refractivity contribution in [1.82, 2.24) is 0 Å². The number of thiophene rings is 1. The minimum atomic E-state index is -0.889. The van der Waals surface area contributed by atoms with E-state index in [4.69, 9.17) is 4.79 Å². The first-order valence-corrected chi connectivity index (χ1v) is 3.75. The third-order valence-electron chi connectivity index (χ3n) is 0.425. The summed E-state index contributed by atoms with van der Waals surface area (Å²) < 4.78 is -0.889. The second-order valence-electron chi connectivity index (χ2n) is 1.02. The summed E-state index contributed by atoms with van der Waals surface area (Å²) in [5.41, 5.74) is 0. The summed E-state index contributed by atoms with van der Waals surface area (Å²) in [6, 6.07) is 4.04. The second-order valence-corrected chi connectivity index (χ2v) is 2.72. The third-order valence-corrected chi connectivity index (χ3v) is 1.05. The molecule has 0 saturated carbocycles. The van der Waals surface area contributed by atoms with Crippen LogP contribution in [0.2, 0.25) is 0 Å². The highest BCUT2D eigenvalue weighted by molar-refractivity contribution is 7.07. The quantitative estimate of drug-likeness (QED) is 0.563. The summed E-state index contributed by atoms with van der Waals surface area (Å²) in [4.78, 5) is 8.98. The van der Waals surface area contributed by atoms with E-state index in [1.807, 2.05) is 22.9 Å². The van der Waals surface area contributed by atoms with Gasteiger partial charge in [-0.15, -0.1) is 0 Å². The molecule has 0 aliphatic rings. The molecule has 0 atom stereocenters. The second kappa shape index (κ2) is 6.08. The van der Waals surface area contributed by atoms with Gasteiger partial charge in [-0.3, -0.25) is 4.79 Å². The average Bonchev–Trinajstić information content (AvgIpc) is 2.11. The largest absolute Gasteiger partial charge is 0.313 e. The van der Waals surface area contributed by atoms with Crippen LogP contribution in [0.4, 0.5) is 4.79 Å². The number of rotatable bonds is 0. The monoisotopic (exact) mass is 182 g/mol. The SMILES string of the molecule is O=C(Cl)Cl.c1ccsc1. The predicted octanol–water partition coefficient (Wildman–Crippen LogP) is 3.33. The van der Waals surface area contributed by atoms with Gasteiger partial charge in [0.05, 0.1) is 0 Å². The highest BCUT2D eigenvalue weighted by atomic mass is 35.5. The zero-order chi connectivity index (χ0) is 7.11. The summed E-state index contributed by atoms with van der Waals surface area (Å²) in [5.74, 6) is 0. The third kappa shape index (κ3) is 11.5. The van der Waals surface area contributed by atoms with Crippen molar-refractivity contribution in [3.63, 3.8) is 0 Å². The van der Waals surface area contributed by atoms with Crippen LogP contribution in [0, 0.1) is 0 Å². The van der Waals surface area contributed by atoms with E-state index in [0.717, 1.165) is 0 Å². The molecule has 1 heterocycles. The van der Waals surface area contributed by atoms with Gasteiger partial charge >= 0.3 is 4.70 Å². The Morgan fingerprint density at radius 2 is 1.56 bits per heavy atom. The van der Waals surface area contributed by atoms with Gasteiger partial charge in [0, 0.05) is 0 Å². The highest BCUT2D eigenvalue weighted by Gasteiger charge is 1.72. The summed E-state index contributed by atoms with van der Waals surface area (Å²) in [7, 11) is 0. The molecular formula is C5H4Cl2OS. The Kier molecular flexibility index (Phi) is 6.04. The molecule has 0 radical (unpaired) electrons. The lowest BCUT2D eigenvalue weighted by molar-refractivity contribution is 0.275. The van der Waals surface area contributed by atoms with Crippen LogP contribution >= 0.6 is 34.5 Å². The van der Waals surface area contributed by atoms with Gasteiger partial charge < -0.3 is 0 Å². The van der Waals surface area contributed by atoms with Crippen LogP contribution in [0.25, 0.3) is 0 Å². The van der Waals surface area contributed by atoms with Crippen molar-refractivity contribution < 1.29 is 4.79 Å². The molecule has 1 rings (SSSR count). The van der Waals surface area contributed by atoms with Gasteiger partial charge in [0.25, 0.3) is 0 Å². The van der Waals surface area contributed by atoms with Gasteiger partial charge in [-0.2, -0.15) is 11.3 Å².